The lowest BCUT2D eigenvalue weighted by molar-refractivity contribution is -0.125. The fraction of sp³-hybridized carbons (Fsp3) is 0.455. The predicted molar refractivity (Wildman–Crippen MR) is 66.5 cm³/mol. The third-order valence-electron chi connectivity index (χ3n) is 2.84. The summed E-state index contributed by atoms with van der Waals surface area (Å²) in [5.41, 5.74) is 0.599. The minimum Gasteiger partial charge on any atom is -0.278 e. The van der Waals surface area contributed by atoms with Gasteiger partial charge < -0.3 is 0 Å². The van der Waals surface area contributed by atoms with Gasteiger partial charge in [0.2, 0.25) is 5.91 Å². The number of carbonyl (C=O) groups excluding carboxylic acids is 2. The van der Waals surface area contributed by atoms with Crippen molar-refractivity contribution in [2.75, 3.05) is 6.54 Å². The molecule has 1 aromatic heterocycles. The molecule has 1 fully saturated rings. The van der Waals surface area contributed by atoms with Gasteiger partial charge in [-0.15, -0.1) is 11.3 Å². The molecule has 1 aliphatic rings. The van der Waals surface area contributed by atoms with Gasteiger partial charge in [-0.1, -0.05) is 13.3 Å². The van der Waals surface area contributed by atoms with E-state index in [1.54, 1.807) is 11.4 Å². The highest BCUT2D eigenvalue weighted by atomic mass is 79.9. The van der Waals surface area contributed by atoms with E-state index in [1.807, 2.05) is 6.92 Å². The maximum atomic E-state index is 12.0. The monoisotopic (exact) mass is 301 g/mol. The summed E-state index contributed by atoms with van der Waals surface area (Å²) in [4.78, 5) is 25.1. The SMILES string of the molecule is CCC1CC(=O)N(C(=O)c2csc(Br)c2)C1. The Kier molecular flexibility index (Phi) is 3.44. The summed E-state index contributed by atoms with van der Waals surface area (Å²) in [6.45, 7) is 2.62. The molecule has 2 amide bonds. The molecular formula is C11H12BrNO2S. The lowest BCUT2D eigenvalue weighted by atomic mass is 10.1. The highest BCUT2D eigenvalue weighted by Gasteiger charge is 2.33. The van der Waals surface area contributed by atoms with Crippen LogP contribution in [0.1, 0.15) is 30.1 Å². The van der Waals surface area contributed by atoms with Crippen molar-refractivity contribution in [1.29, 1.82) is 0 Å². The minimum absolute atomic E-state index is 0.0424. The van der Waals surface area contributed by atoms with Crippen molar-refractivity contribution >= 4 is 39.1 Å². The van der Waals surface area contributed by atoms with Crippen LogP contribution in [0.2, 0.25) is 0 Å². The Bertz CT molecular complexity index is 429. The molecule has 5 heteroatoms. The van der Waals surface area contributed by atoms with Crippen LogP contribution in [0.4, 0.5) is 0 Å². The highest BCUT2D eigenvalue weighted by molar-refractivity contribution is 9.11. The topological polar surface area (TPSA) is 37.4 Å². The Morgan fingerprint density at radius 2 is 2.44 bits per heavy atom. The highest BCUT2D eigenvalue weighted by Crippen LogP contribution is 2.26. The zero-order valence-corrected chi connectivity index (χ0v) is 11.3. The van der Waals surface area contributed by atoms with E-state index < -0.39 is 0 Å². The van der Waals surface area contributed by atoms with Gasteiger partial charge >= 0.3 is 0 Å². The summed E-state index contributed by atoms with van der Waals surface area (Å²) >= 11 is 4.77. The fourth-order valence-electron chi connectivity index (χ4n) is 1.83. The van der Waals surface area contributed by atoms with E-state index in [2.05, 4.69) is 15.9 Å². The molecule has 1 aromatic rings. The Morgan fingerprint density at radius 1 is 1.69 bits per heavy atom. The normalized spacial score (nSPS) is 20.5. The Labute approximate surface area is 107 Å². The number of thiophene rings is 1. The van der Waals surface area contributed by atoms with Crippen LogP contribution < -0.4 is 0 Å². The fourth-order valence-corrected chi connectivity index (χ4v) is 2.96. The van der Waals surface area contributed by atoms with E-state index in [9.17, 15) is 9.59 Å². The van der Waals surface area contributed by atoms with E-state index in [4.69, 9.17) is 0 Å². The van der Waals surface area contributed by atoms with Gasteiger partial charge in [0, 0.05) is 18.3 Å². The minimum atomic E-state index is -0.164. The molecule has 2 rings (SSSR count). The molecule has 0 bridgehead atoms. The number of imide groups is 1. The van der Waals surface area contributed by atoms with Gasteiger partial charge in [0.1, 0.15) is 0 Å². The summed E-state index contributed by atoms with van der Waals surface area (Å²) in [7, 11) is 0. The Morgan fingerprint density at radius 3 is 2.94 bits per heavy atom. The molecule has 1 unspecified atom stereocenters. The van der Waals surface area contributed by atoms with Crippen molar-refractivity contribution < 1.29 is 9.59 Å². The van der Waals surface area contributed by atoms with Crippen LogP contribution in [0, 0.1) is 5.92 Å². The lowest BCUT2D eigenvalue weighted by Crippen LogP contribution is -2.32. The second-order valence-electron chi connectivity index (χ2n) is 3.93. The molecule has 0 aromatic carbocycles. The van der Waals surface area contributed by atoms with Crippen LogP contribution in [-0.2, 0) is 4.79 Å². The van der Waals surface area contributed by atoms with Gasteiger partial charge in [-0.2, -0.15) is 0 Å². The van der Waals surface area contributed by atoms with Gasteiger partial charge in [0.15, 0.2) is 0 Å². The summed E-state index contributed by atoms with van der Waals surface area (Å²) in [6, 6.07) is 1.76. The molecule has 2 heterocycles. The van der Waals surface area contributed by atoms with E-state index >= 15 is 0 Å². The molecule has 3 nitrogen and oxygen atoms in total. The Balaban J connectivity index is 2.14. The molecule has 1 atom stereocenters. The van der Waals surface area contributed by atoms with Crippen LogP contribution in [0.15, 0.2) is 15.2 Å². The standard InChI is InChI=1S/C11H12BrNO2S/c1-2-7-3-10(14)13(5-7)11(15)8-4-9(12)16-6-8/h4,6-7H,2-3,5H2,1H3. The number of halogens is 1. The number of rotatable bonds is 2. The van der Waals surface area contributed by atoms with E-state index in [-0.39, 0.29) is 11.8 Å². The zero-order chi connectivity index (χ0) is 11.7. The van der Waals surface area contributed by atoms with Crippen LogP contribution in [0.25, 0.3) is 0 Å². The molecule has 0 aliphatic carbocycles. The number of likely N-dealkylation sites (tertiary alicyclic amines) is 1. The molecule has 16 heavy (non-hydrogen) atoms. The molecule has 1 aliphatic heterocycles. The average Bonchev–Trinajstić information content (AvgIpc) is 2.83. The first-order valence-electron chi connectivity index (χ1n) is 5.20. The van der Waals surface area contributed by atoms with E-state index in [0.717, 1.165) is 10.2 Å². The number of amides is 2. The molecule has 0 N–H and O–H groups in total. The number of hydrogen-bond acceptors (Lipinski definition) is 3. The maximum absolute atomic E-state index is 12.0. The van der Waals surface area contributed by atoms with Crippen molar-refractivity contribution in [3.63, 3.8) is 0 Å². The van der Waals surface area contributed by atoms with Gasteiger partial charge in [-0.3, -0.25) is 14.5 Å². The van der Waals surface area contributed by atoms with Crippen molar-refractivity contribution in [3.05, 3.63) is 20.8 Å². The van der Waals surface area contributed by atoms with Crippen LogP contribution in [-0.4, -0.2) is 23.3 Å². The van der Waals surface area contributed by atoms with Gasteiger partial charge in [-0.05, 0) is 27.9 Å². The molecular weight excluding hydrogens is 290 g/mol. The maximum Gasteiger partial charge on any atom is 0.261 e. The number of carbonyl (C=O) groups is 2. The van der Waals surface area contributed by atoms with Gasteiger partial charge in [-0.25, -0.2) is 0 Å². The number of hydrogen-bond donors (Lipinski definition) is 0. The Hall–Kier alpha value is -0.680. The summed E-state index contributed by atoms with van der Waals surface area (Å²) < 4.78 is 0.912. The third kappa shape index (κ3) is 2.20. The average molecular weight is 302 g/mol. The largest absolute Gasteiger partial charge is 0.278 e. The predicted octanol–water partition coefficient (Wildman–Crippen LogP) is 2.91. The van der Waals surface area contributed by atoms with E-state index in [1.165, 1.54) is 16.2 Å². The summed E-state index contributed by atoms with van der Waals surface area (Å²) in [6.07, 6.45) is 1.45. The van der Waals surface area contributed by atoms with Crippen LogP contribution in [0.3, 0.4) is 0 Å². The van der Waals surface area contributed by atoms with E-state index in [0.29, 0.717) is 24.4 Å². The molecule has 0 spiro atoms. The van der Waals surface area contributed by atoms with Gasteiger partial charge in [0.05, 0.1) is 9.35 Å². The molecule has 0 radical (unpaired) electrons. The van der Waals surface area contributed by atoms with Crippen molar-refractivity contribution in [2.45, 2.75) is 19.8 Å². The number of nitrogens with zero attached hydrogens (tertiary/aromatic N) is 1. The third-order valence-corrected chi connectivity index (χ3v) is 4.35. The van der Waals surface area contributed by atoms with Crippen LogP contribution >= 0.6 is 27.3 Å². The second-order valence-corrected chi connectivity index (χ2v) is 6.22. The lowest BCUT2D eigenvalue weighted by Gasteiger charge is -2.13. The smallest absolute Gasteiger partial charge is 0.261 e. The molecule has 0 saturated carbocycles. The molecule has 1 saturated heterocycles. The van der Waals surface area contributed by atoms with Gasteiger partial charge in [0.25, 0.3) is 5.91 Å². The second kappa shape index (κ2) is 4.67. The first kappa shape index (κ1) is 11.8. The summed E-state index contributed by atoms with van der Waals surface area (Å²) in [5.74, 6) is 0.126. The first-order chi connectivity index (χ1) is 7.61. The van der Waals surface area contributed by atoms with Crippen LogP contribution in [0.5, 0.6) is 0 Å². The van der Waals surface area contributed by atoms with Crippen molar-refractivity contribution in [2.24, 2.45) is 5.92 Å². The quantitative estimate of drug-likeness (QED) is 0.788. The van der Waals surface area contributed by atoms with Crippen molar-refractivity contribution in [1.82, 2.24) is 4.90 Å². The zero-order valence-electron chi connectivity index (χ0n) is 8.90. The summed E-state index contributed by atoms with van der Waals surface area (Å²) in [5, 5.41) is 1.78. The molecule has 86 valence electrons. The first-order valence-corrected chi connectivity index (χ1v) is 6.87. The van der Waals surface area contributed by atoms with Crippen molar-refractivity contribution in [3.8, 4) is 0 Å².